The van der Waals surface area contributed by atoms with Gasteiger partial charge in [0.25, 0.3) is 0 Å². The molecular formula is C29H29N5. The van der Waals surface area contributed by atoms with Gasteiger partial charge in [0.15, 0.2) is 0 Å². The molecule has 1 aliphatic heterocycles. The van der Waals surface area contributed by atoms with Crippen molar-refractivity contribution in [3.05, 3.63) is 88.4 Å². The number of anilines is 2. The first-order valence-corrected chi connectivity index (χ1v) is 11.8. The Labute approximate surface area is 200 Å². The summed E-state index contributed by atoms with van der Waals surface area (Å²) in [6, 6.07) is 17.2. The van der Waals surface area contributed by atoms with Crippen molar-refractivity contribution < 1.29 is 0 Å². The fourth-order valence-corrected chi connectivity index (χ4v) is 4.77. The highest BCUT2D eigenvalue weighted by Gasteiger charge is 2.14. The van der Waals surface area contributed by atoms with Crippen molar-refractivity contribution in [1.29, 1.82) is 5.26 Å². The average molecular weight is 448 g/mol. The van der Waals surface area contributed by atoms with Crippen LogP contribution >= 0.6 is 0 Å². The molecule has 0 radical (unpaired) electrons. The van der Waals surface area contributed by atoms with Gasteiger partial charge in [-0.05, 0) is 74.7 Å². The fourth-order valence-electron chi connectivity index (χ4n) is 4.77. The van der Waals surface area contributed by atoms with Crippen LogP contribution in [-0.2, 0) is 6.54 Å². The second-order valence-electron chi connectivity index (χ2n) is 9.02. The van der Waals surface area contributed by atoms with Crippen LogP contribution in [0.2, 0.25) is 0 Å². The Morgan fingerprint density at radius 1 is 1.12 bits per heavy atom. The number of nitrogens with zero attached hydrogens (tertiary/aromatic N) is 3. The molecule has 1 saturated heterocycles. The maximum Gasteiger partial charge on any atom is 0.103 e. The summed E-state index contributed by atoms with van der Waals surface area (Å²) >= 11 is 0. The highest BCUT2D eigenvalue weighted by molar-refractivity contribution is 5.90. The van der Waals surface area contributed by atoms with Gasteiger partial charge < -0.3 is 10.3 Å². The van der Waals surface area contributed by atoms with E-state index in [9.17, 15) is 5.26 Å². The Morgan fingerprint density at radius 3 is 2.79 bits per heavy atom. The summed E-state index contributed by atoms with van der Waals surface area (Å²) in [5.41, 5.74) is 8.83. The maximum atomic E-state index is 9.81. The molecule has 0 amide bonds. The summed E-state index contributed by atoms with van der Waals surface area (Å²) in [6.07, 6.45) is 10.4. The van der Waals surface area contributed by atoms with Crippen LogP contribution in [0.4, 0.5) is 11.4 Å². The van der Waals surface area contributed by atoms with Crippen LogP contribution in [0.3, 0.4) is 0 Å². The van der Waals surface area contributed by atoms with E-state index in [2.05, 4.69) is 87.8 Å². The fraction of sp³-hybridized carbons (Fsp3) is 0.241. The second kappa shape index (κ2) is 9.54. The number of hydrogen-bond acceptors (Lipinski definition) is 4. The zero-order chi connectivity index (χ0) is 23.5. The van der Waals surface area contributed by atoms with Gasteiger partial charge in [0, 0.05) is 46.8 Å². The number of fused-ring (bicyclic) bond motifs is 1. The normalized spacial score (nSPS) is 14.1. The SMILES string of the molecule is Cc1ncc(C#N)c(Nc2ccc3[nH]ccc3c2C)c1/C=C/c1cccc(CN2CCCC2)c1. The topological polar surface area (TPSA) is 67.7 Å². The standard InChI is InChI=1S/C29H29N5/c1-20-25-12-13-31-28(25)11-10-27(20)33-29-24(17-30)18-32-21(2)26(29)9-8-22-6-5-7-23(16-22)19-34-14-3-4-15-34/h5-13,16,18,31H,3-4,14-15,19H2,1-2H3,(H,32,33)/b9-8+. The number of benzene rings is 2. The number of aromatic nitrogens is 2. The van der Waals surface area contributed by atoms with Crippen LogP contribution in [0, 0.1) is 25.2 Å². The number of likely N-dealkylation sites (tertiary alicyclic amines) is 1. The highest BCUT2D eigenvalue weighted by atomic mass is 15.1. The van der Waals surface area contributed by atoms with Crippen LogP contribution in [0.1, 0.15) is 46.4 Å². The molecule has 0 spiro atoms. The van der Waals surface area contributed by atoms with E-state index in [-0.39, 0.29) is 0 Å². The summed E-state index contributed by atoms with van der Waals surface area (Å²) in [7, 11) is 0. The van der Waals surface area contributed by atoms with Crippen molar-refractivity contribution >= 4 is 34.4 Å². The first-order chi connectivity index (χ1) is 16.6. The average Bonchev–Trinajstić information content (AvgIpc) is 3.53. The molecule has 170 valence electrons. The lowest BCUT2D eigenvalue weighted by molar-refractivity contribution is 0.331. The summed E-state index contributed by atoms with van der Waals surface area (Å²) in [6.45, 7) is 7.46. The number of nitriles is 1. The van der Waals surface area contributed by atoms with E-state index in [0.29, 0.717) is 5.56 Å². The first-order valence-electron chi connectivity index (χ1n) is 11.8. The molecule has 0 bridgehead atoms. The number of rotatable bonds is 6. The van der Waals surface area contributed by atoms with Gasteiger partial charge in [0.2, 0.25) is 0 Å². The first kappa shape index (κ1) is 21.9. The molecule has 0 saturated carbocycles. The minimum Gasteiger partial charge on any atom is -0.361 e. The van der Waals surface area contributed by atoms with Crippen LogP contribution < -0.4 is 5.32 Å². The van der Waals surface area contributed by atoms with Crippen molar-refractivity contribution in [3.8, 4) is 6.07 Å². The Hall–Kier alpha value is -3.88. The van der Waals surface area contributed by atoms with Gasteiger partial charge in [-0.2, -0.15) is 5.26 Å². The highest BCUT2D eigenvalue weighted by Crippen LogP contribution is 2.32. The Bertz CT molecular complexity index is 1400. The molecular weight excluding hydrogens is 418 g/mol. The van der Waals surface area contributed by atoms with Crippen LogP contribution in [0.5, 0.6) is 0 Å². The number of H-pyrrole nitrogens is 1. The predicted octanol–water partition coefficient (Wildman–Crippen LogP) is 6.56. The summed E-state index contributed by atoms with van der Waals surface area (Å²) in [4.78, 5) is 10.3. The summed E-state index contributed by atoms with van der Waals surface area (Å²) < 4.78 is 0. The van der Waals surface area contributed by atoms with Gasteiger partial charge in [-0.3, -0.25) is 9.88 Å². The van der Waals surface area contributed by atoms with E-state index in [0.717, 1.165) is 45.8 Å². The van der Waals surface area contributed by atoms with Gasteiger partial charge in [-0.1, -0.05) is 36.4 Å². The molecule has 5 rings (SSSR count). The smallest absolute Gasteiger partial charge is 0.103 e. The van der Waals surface area contributed by atoms with Crippen molar-refractivity contribution in [1.82, 2.24) is 14.9 Å². The Morgan fingerprint density at radius 2 is 1.97 bits per heavy atom. The molecule has 2 aromatic carbocycles. The van der Waals surface area contributed by atoms with E-state index in [1.54, 1.807) is 6.20 Å². The maximum absolute atomic E-state index is 9.81. The molecule has 5 nitrogen and oxygen atoms in total. The van der Waals surface area contributed by atoms with Crippen molar-refractivity contribution in [3.63, 3.8) is 0 Å². The predicted molar refractivity (Wildman–Crippen MR) is 140 cm³/mol. The van der Waals surface area contributed by atoms with E-state index in [1.165, 1.54) is 36.9 Å². The number of hydrogen-bond donors (Lipinski definition) is 2. The Kier molecular flexibility index (Phi) is 6.16. The molecule has 1 aliphatic rings. The largest absolute Gasteiger partial charge is 0.361 e. The van der Waals surface area contributed by atoms with Crippen LogP contribution in [-0.4, -0.2) is 28.0 Å². The number of nitrogens with one attached hydrogen (secondary N) is 2. The van der Waals surface area contributed by atoms with Gasteiger partial charge in [-0.25, -0.2) is 0 Å². The molecule has 4 aromatic rings. The van der Waals surface area contributed by atoms with E-state index in [1.807, 2.05) is 13.1 Å². The molecule has 0 aliphatic carbocycles. The molecule has 0 atom stereocenters. The van der Waals surface area contributed by atoms with Crippen LogP contribution in [0.25, 0.3) is 23.1 Å². The zero-order valence-corrected chi connectivity index (χ0v) is 19.7. The molecule has 2 N–H and O–H groups in total. The molecule has 34 heavy (non-hydrogen) atoms. The van der Waals surface area contributed by atoms with E-state index >= 15 is 0 Å². The third kappa shape index (κ3) is 4.46. The lowest BCUT2D eigenvalue weighted by Gasteiger charge is -2.16. The summed E-state index contributed by atoms with van der Waals surface area (Å²) in [5, 5.41) is 14.5. The molecule has 3 heterocycles. The molecule has 5 heteroatoms. The molecule has 2 aromatic heterocycles. The van der Waals surface area contributed by atoms with Crippen molar-refractivity contribution in [2.75, 3.05) is 18.4 Å². The molecule has 1 fully saturated rings. The number of aryl methyl sites for hydroxylation is 2. The molecule has 0 unspecified atom stereocenters. The lowest BCUT2D eigenvalue weighted by Crippen LogP contribution is -2.18. The van der Waals surface area contributed by atoms with Gasteiger partial charge in [0.05, 0.1) is 11.3 Å². The Balaban J connectivity index is 1.47. The van der Waals surface area contributed by atoms with E-state index < -0.39 is 0 Å². The van der Waals surface area contributed by atoms with Gasteiger partial charge in [0.1, 0.15) is 6.07 Å². The quantitative estimate of drug-likeness (QED) is 0.351. The third-order valence-corrected chi connectivity index (χ3v) is 6.70. The van der Waals surface area contributed by atoms with Crippen molar-refractivity contribution in [2.45, 2.75) is 33.2 Å². The zero-order valence-electron chi connectivity index (χ0n) is 19.7. The minimum absolute atomic E-state index is 0.529. The van der Waals surface area contributed by atoms with E-state index in [4.69, 9.17) is 0 Å². The number of aromatic amines is 1. The lowest BCUT2D eigenvalue weighted by atomic mass is 10.0. The van der Waals surface area contributed by atoms with Gasteiger partial charge in [-0.15, -0.1) is 0 Å². The third-order valence-electron chi connectivity index (χ3n) is 6.70. The van der Waals surface area contributed by atoms with Crippen molar-refractivity contribution in [2.24, 2.45) is 0 Å². The second-order valence-corrected chi connectivity index (χ2v) is 9.02. The monoisotopic (exact) mass is 447 g/mol. The number of pyridine rings is 1. The minimum atomic E-state index is 0.529. The van der Waals surface area contributed by atoms with Crippen LogP contribution in [0.15, 0.2) is 54.9 Å². The summed E-state index contributed by atoms with van der Waals surface area (Å²) in [5.74, 6) is 0. The van der Waals surface area contributed by atoms with Gasteiger partial charge >= 0.3 is 0 Å².